The molecule has 0 spiro atoms. The van der Waals surface area contributed by atoms with Gasteiger partial charge < -0.3 is 15.0 Å². The zero-order valence-electron chi connectivity index (χ0n) is 15.4. The number of rotatable bonds is 9. The van der Waals surface area contributed by atoms with Gasteiger partial charge in [0.2, 0.25) is 5.91 Å². The number of benzene rings is 1. The molecule has 26 heavy (non-hydrogen) atoms. The number of nitrogens with one attached hydrogen (secondary N) is 1. The van der Waals surface area contributed by atoms with Gasteiger partial charge in [-0.15, -0.1) is 0 Å². The summed E-state index contributed by atoms with van der Waals surface area (Å²) >= 11 is 0. The van der Waals surface area contributed by atoms with Gasteiger partial charge in [-0.05, 0) is 55.1 Å². The molecule has 1 fully saturated rings. The summed E-state index contributed by atoms with van der Waals surface area (Å²) in [6.45, 7) is 2.53. The molecule has 1 amide bonds. The van der Waals surface area contributed by atoms with E-state index in [1.807, 2.05) is 24.4 Å². The zero-order valence-corrected chi connectivity index (χ0v) is 15.4. The first kappa shape index (κ1) is 18.4. The Labute approximate surface area is 155 Å². The number of hydrogen-bond acceptors (Lipinski definition) is 4. The first-order valence-corrected chi connectivity index (χ1v) is 9.28. The van der Waals surface area contributed by atoms with Crippen LogP contribution in [0.5, 0.6) is 5.75 Å². The summed E-state index contributed by atoms with van der Waals surface area (Å²) in [6, 6.07) is 12.5. The Morgan fingerprint density at radius 3 is 2.81 bits per heavy atom. The van der Waals surface area contributed by atoms with E-state index >= 15 is 0 Å². The van der Waals surface area contributed by atoms with Crippen molar-refractivity contribution in [1.29, 1.82) is 0 Å². The van der Waals surface area contributed by atoms with Crippen LogP contribution in [0.25, 0.3) is 0 Å². The van der Waals surface area contributed by atoms with Crippen molar-refractivity contribution >= 4 is 5.91 Å². The summed E-state index contributed by atoms with van der Waals surface area (Å²) in [6.07, 6.45) is 7.17. The monoisotopic (exact) mass is 353 g/mol. The van der Waals surface area contributed by atoms with Crippen molar-refractivity contribution in [2.45, 2.75) is 38.3 Å². The number of carbonyl (C=O) groups is 1. The van der Waals surface area contributed by atoms with E-state index < -0.39 is 0 Å². The summed E-state index contributed by atoms with van der Waals surface area (Å²) in [5.74, 6) is 1.16. The van der Waals surface area contributed by atoms with Crippen LogP contribution in [-0.2, 0) is 17.8 Å². The van der Waals surface area contributed by atoms with Crippen LogP contribution in [0.3, 0.4) is 0 Å². The Morgan fingerprint density at radius 1 is 1.23 bits per heavy atom. The molecule has 1 N–H and O–H groups in total. The summed E-state index contributed by atoms with van der Waals surface area (Å²) in [5.41, 5.74) is 2.42. The Kier molecular flexibility index (Phi) is 6.61. The Bertz CT molecular complexity index is 688. The van der Waals surface area contributed by atoms with Crippen LogP contribution in [0.2, 0.25) is 0 Å². The molecule has 1 aromatic carbocycles. The second-order valence-corrected chi connectivity index (χ2v) is 6.70. The zero-order chi connectivity index (χ0) is 18.2. The second kappa shape index (κ2) is 9.34. The maximum absolute atomic E-state index is 12.2. The van der Waals surface area contributed by atoms with Crippen LogP contribution in [0.4, 0.5) is 0 Å². The van der Waals surface area contributed by atoms with Crippen molar-refractivity contribution in [1.82, 2.24) is 15.2 Å². The van der Waals surface area contributed by atoms with Gasteiger partial charge in [-0.3, -0.25) is 9.78 Å². The van der Waals surface area contributed by atoms with E-state index in [9.17, 15) is 4.79 Å². The molecular weight excluding hydrogens is 326 g/mol. The molecule has 3 rings (SSSR count). The van der Waals surface area contributed by atoms with E-state index in [-0.39, 0.29) is 5.91 Å². The molecule has 5 heteroatoms. The van der Waals surface area contributed by atoms with E-state index in [1.165, 1.54) is 11.1 Å². The van der Waals surface area contributed by atoms with Gasteiger partial charge in [0.05, 0.1) is 7.11 Å². The standard InChI is InChI=1S/C21H27N3O2/c1-26-20-7-4-18(5-8-20)16-23-13-10-19-6-9-21(25)24(19)14-11-17-3-2-12-22-15-17/h2-5,7-8,12,15,19,23H,6,9-11,13-14,16H2,1H3/t19-/m0/s1. The van der Waals surface area contributed by atoms with E-state index in [2.05, 4.69) is 33.4 Å². The topological polar surface area (TPSA) is 54.5 Å². The van der Waals surface area contributed by atoms with E-state index in [0.29, 0.717) is 12.5 Å². The number of nitrogens with zero attached hydrogens (tertiary/aromatic N) is 2. The van der Waals surface area contributed by atoms with Crippen LogP contribution in [0.15, 0.2) is 48.8 Å². The molecule has 0 aliphatic carbocycles. The minimum atomic E-state index is 0.286. The number of aromatic nitrogens is 1. The molecular formula is C21H27N3O2. The normalized spacial score (nSPS) is 16.9. The lowest BCUT2D eigenvalue weighted by atomic mass is 10.1. The van der Waals surface area contributed by atoms with Crippen molar-refractivity contribution < 1.29 is 9.53 Å². The summed E-state index contributed by atoms with van der Waals surface area (Å²) in [7, 11) is 1.68. The molecule has 0 radical (unpaired) electrons. The molecule has 0 unspecified atom stereocenters. The molecule has 0 saturated carbocycles. The van der Waals surface area contributed by atoms with Gasteiger partial charge in [0.1, 0.15) is 5.75 Å². The van der Waals surface area contributed by atoms with Gasteiger partial charge in [0.25, 0.3) is 0 Å². The average molecular weight is 353 g/mol. The van der Waals surface area contributed by atoms with Gasteiger partial charge in [-0.2, -0.15) is 0 Å². The Balaban J connectivity index is 1.41. The van der Waals surface area contributed by atoms with Crippen molar-refractivity contribution in [3.05, 3.63) is 59.9 Å². The number of ether oxygens (including phenoxy) is 1. The van der Waals surface area contributed by atoms with Crippen LogP contribution in [0.1, 0.15) is 30.4 Å². The smallest absolute Gasteiger partial charge is 0.222 e. The van der Waals surface area contributed by atoms with Crippen molar-refractivity contribution in [3.63, 3.8) is 0 Å². The van der Waals surface area contributed by atoms with Crippen LogP contribution in [-0.4, -0.2) is 42.0 Å². The van der Waals surface area contributed by atoms with Crippen molar-refractivity contribution in [2.24, 2.45) is 0 Å². The molecule has 1 aromatic heterocycles. The third-order valence-corrected chi connectivity index (χ3v) is 4.96. The third kappa shape index (κ3) is 5.05. The molecule has 5 nitrogen and oxygen atoms in total. The fourth-order valence-electron chi connectivity index (χ4n) is 3.44. The Morgan fingerprint density at radius 2 is 2.08 bits per heavy atom. The fourth-order valence-corrected chi connectivity index (χ4v) is 3.44. The highest BCUT2D eigenvalue weighted by Gasteiger charge is 2.29. The number of pyridine rings is 1. The summed E-state index contributed by atoms with van der Waals surface area (Å²) in [5, 5.41) is 3.49. The second-order valence-electron chi connectivity index (χ2n) is 6.70. The lowest BCUT2D eigenvalue weighted by Gasteiger charge is -2.25. The van der Waals surface area contributed by atoms with Gasteiger partial charge in [0, 0.05) is 37.9 Å². The van der Waals surface area contributed by atoms with E-state index in [4.69, 9.17) is 4.74 Å². The summed E-state index contributed by atoms with van der Waals surface area (Å²) < 4.78 is 5.18. The molecule has 1 atom stereocenters. The summed E-state index contributed by atoms with van der Waals surface area (Å²) in [4.78, 5) is 18.4. The van der Waals surface area contributed by atoms with Crippen molar-refractivity contribution in [3.8, 4) is 5.75 Å². The fraction of sp³-hybridized carbons (Fsp3) is 0.429. The molecule has 1 saturated heterocycles. The van der Waals surface area contributed by atoms with Crippen LogP contribution in [0, 0.1) is 0 Å². The maximum atomic E-state index is 12.2. The number of likely N-dealkylation sites (tertiary alicyclic amines) is 1. The predicted molar refractivity (Wildman–Crippen MR) is 102 cm³/mol. The van der Waals surface area contributed by atoms with Crippen LogP contribution < -0.4 is 10.1 Å². The third-order valence-electron chi connectivity index (χ3n) is 4.96. The number of hydrogen-bond donors (Lipinski definition) is 1. The number of methoxy groups -OCH3 is 1. The highest BCUT2D eigenvalue weighted by molar-refractivity contribution is 5.78. The largest absolute Gasteiger partial charge is 0.497 e. The van der Waals surface area contributed by atoms with Gasteiger partial charge in [-0.25, -0.2) is 0 Å². The first-order chi connectivity index (χ1) is 12.8. The average Bonchev–Trinajstić information content (AvgIpc) is 3.04. The quantitative estimate of drug-likeness (QED) is 0.705. The lowest BCUT2D eigenvalue weighted by Crippen LogP contribution is -2.36. The maximum Gasteiger partial charge on any atom is 0.222 e. The molecule has 138 valence electrons. The minimum absolute atomic E-state index is 0.286. The van der Waals surface area contributed by atoms with Crippen molar-refractivity contribution in [2.75, 3.05) is 20.2 Å². The minimum Gasteiger partial charge on any atom is -0.497 e. The molecule has 2 aromatic rings. The van der Waals surface area contributed by atoms with Crippen LogP contribution >= 0.6 is 0 Å². The van der Waals surface area contributed by atoms with E-state index in [1.54, 1.807) is 13.3 Å². The molecule has 2 heterocycles. The molecule has 0 bridgehead atoms. The highest BCUT2D eigenvalue weighted by Crippen LogP contribution is 2.21. The first-order valence-electron chi connectivity index (χ1n) is 9.28. The van der Waals surface area contributed by atoms with Gasteiger partial charge in [0.15, 0.2) is 0 Å². The molecule has 1 aliphatic rings. The van der Waals surface area contributed by atoms with Gasteiger partial charge in [-0.1, -0.05) is 18.2 Å². The Hall–Kier alpha value is -2.40. The lowest BCUT2D eigenvalue weighted by molar-refractivity contribution is -0.129. The molecule has 1 aliphatic heterocycles. The van der Waals surface area contributed by atoms with E-state index in [0.717, 1.165) is 44.6 Å². The predicted octanol–water partition coefficient (Wildman–Crippen LogP) is 2.80. The number of amides is 1. The highest BCUT2D eigenvalue weighted by atomic mass is 16.5. The van der Waals surface area contributed by atoms with Gasteiger partial charge >= 0.3 is 0 Å². The SMILES string of the molecule is COc1ccc(CNCC[C@@H]2CCC(=O)N2CCc2cccnc2)cc1. The number of carbonyl (C=O) groups excluding carboxylic acids is 1.